The second-order valence-electron chi connectivity index (χ2n) is 6.41. The molecule has 0 bridgehead atoms. The van der Waals surface area contributed by atoms with E-state index in [9.17, 15) is 19.7 Å². The van der Waals surface area contributed by atoms with Gasteiger partial charge in [0.2, 0.25) is 0 Å². The second-order valence-corrected chi connectivity index (χ2v) is 6.82. The van der Waals surface area contributed by atoms with Crippen LogP contribution in [0.25, 0.3) is 11.3 Å². The monoisotopic (exact) mass is 442 g/mol. The number of benzene rings is 2. The highest BCUT2D eigenvalue weighted by Gasteiger charge is 2.14. The third-order valence-corrected chi connectivity index (χ3v) is 4.66. The van der Waals surface area contributed by atoms with Crippen molar-refractivity contribution in [3.05, 3.63) is 85.7 Å². The molecule has 10 heteroatoms. The molecule has 0 aliphatic carbocycles. The number of carbonyl (C=O) groups is 1. The van der Waals surface area contributed by atoms with E-state index in [0.29, 0.717) is 12.3 Å². The number of hydrogen-bond donors (Lipinski definition) is 1. The number of hydrogen-bond acceptors (Lipinski definition) is 6. The van der Waals surface area contributed by atoms with Crippen LogP contribution in [-0.4, -0.2) is 33.8 Å². The molecular weight excluding hydrogens is 424 g/mol. The average Bonchev–Trinajstić information content (AvgIpc) is 2.75. The average molecular weight is 443 g/mol. The fourth-order valence-electron chi connectivity index (χ4n) is 2.82. The first-order valence-corrected chi connectivity index (χ1v) is 9.80. The van der Waals surface area contributed by atoms with Gasteiger partial charge in [-0.05, 0) is 43.3 Å². The summed E-state index contributed by atoms with van der Waals surface area (Å²) in [6.07, 6.45) is 0. The first-order valence-electron chi connectivity index (χ1n) is 9.42. The maximum Gasteiger partial charge on any atom is 0.270 e. The molecule has 0 unspecified atom stereocenters. The van der Waals surface area contributed by atoms with Gasteiger partial charge >= 0.3 is 0 Å². The molecule has 3 aromatic rings. The number of rotatable bonds is 8. The van der Waals surface area contributed by atoms with Crippen molar-refractivity contribution in [2.24, 2.45) is 0 Å². The second kappa shape index (κ2) is 9.86. The van der Waals surface area contributed by atoms with Crippen LogP contribution in [0.1, 0.15) is 17.3 Å². The lowest BCUT2D eigenvalue weighted by Gasteiger charge is -2.10. The van der Waals surface area contributed by atoms with Crippen LogP contribution in [0, 0.1) is 10.1 Å². The molecule has 0 aliphatic heterocycles. The molecule has 0 aliphatic rings. The van der Waals surface area contributed by atoms with E-state index in [-0.39, 0.29) is 34.9 Å². The van der Waals surface area contributed by atoms with E-state index in [1.54, 1.807) is 6.07 Å². The fraction of sp³-hybridized carbons (Fsp3) is 0.190. The molecular formula is C21H19ClN4O5. The molecule has 31 heavy (non-hydrogen) atoms. The van der Waals surface area contributed by atoms with Gasteiger partial charge in [-0.2, -0.15) is 5.10 Å². The Hall–Kier alpha value is -3.72. The minimum absolute atomic E-state index is 0.0283. The molecule has 1 amide bonds. The number of ether oxygens (including phenoxy) is 1. The first kappa shape index (κ1) is 22.0. The van der Waals surface area contributed by atoms with Gasteiger partial charge < -0.3 is 10.1 Å². The summed E-state index contributed by atoms with van der Waals surface area (Å²) in [5.41, 5.74) is 1.02. The minimum Gasteiger partial charge on any atom is -0.494 e. The van der Waals surface area contributed by atoms with Gasteiger partial charge in [-0.15, -0.1) is 0 Å². The van der Waals surface area contributed by atoms with E-state index in [4.69, 9.17) is 16.3 Å². The Balaban J connectivity index is 1.66. The summed E-state index contributed by atoms with van der Waals surface area (Å²) in [5, 5.41) is 17.7. The quantitative estimate of drug-likeness (QED) is 0.422. The summed E-state index contributed by atoms with van der Waals surface area (Å²) in [4.78, 5) is 34.6. The number of aromatic nitrogens is 2. The fourth-order valence-corrected chi connectivity index (χ4v) is 3.08. The Labute approximate surface area is 182 Å². The van der Waals surface area contributed by atoms with Gasteiger partial charge in [0.15, 0.2) is 0 Å². The van der Waals surface area contributed by atoms with Gasteiger partial charge in [0.05, 0.1) is 34.4 Å². The van der Waals surface area contributed by atoms with Crippen LogP contribution < -0.4 is 15.6 Å². The zero-order valence-corrected chi connectivity index (χ0v) is 17.3. The molecule has 0 saturated heterocycles. The topological polar surface area (TPSA) is 116 Å². The highest BCUT2D eigenvalue weighted by molar-refractivity contribution is 6.34. The molecule has 2 aromatic carbocycles. The molecule has 1 heterocycles. The maximum absolute atomic E-state index is 12.3. The van der Waals surface area contributed by atoms with Gasteiger partial charge in [-0.3, -0.25) is 19.7 Å². The van der Waals surface area contributed by atoms with Crippen molar-refractivity contribution in [1.82, 2.24) is 15.1 Å². The number of nitro benzene ring substituents is 1. The minimum atomic E-state index is -0.594. The number of nitrogens with one attached hydrogen (secondary N) is 1. The van der Waals surface area contributed by atoms with Crippen LogP contribution in [0.3, 0.4) is 0 Å². The number of carbonyl (C=O) groups excluding carboxylic acids is 1. The van der Waals surface area contributed by atoms with Gasteiger partial charge in [0.1, 0.15) is 5.75 Å². The Morgan fingerprint density at radius 2 is 1.94 bits per heavy atom. The van der Waals surface area contributed by atoms with E-state index < -0.39 is 10.8 Å². The van der Waals surface area contributed by atoms with Crippen LogP contribution in [-0.2, 0) is 6.54 Å². The smallest absolute Gasteiger partial charge is 0.270 e. The zero-order chi connectivity index (χ0) is 22.4. The van der Waals surface area contributed by atoms with Crippen LogP contribution in [0.4, 0.5) is 5.69 Å². The Kier molecular flexibility index (Phi) is 6.99. The summed E-state index contributed by atoms with van der Waals surface area (Å²) >= 11 is 5.97. The summed E-state index contributed by atoms with van der Waals surface area (Å²) in [6, 6.07) is 14.0. The van der Waals surface area contributed by atoms with Gasteiger partial charge in [0, 0.05) is 30.3 Å². The van der Waals surface area contributed by atoms with Crippen LogP contribution in [0.2, 0.25) is 5.02 Å². The summed E-state index contributed by atoms with van der Waals surface area (Å²) < 4.78 is 6.67. The third kappa shape index (κ3) is 5.46. The SMILES string of the molecule is CCOc1ccc(-c2ccc(=O)n(CCNC(=O)c3ccc([N+](=O)[O-])cc3Cl)n2)cc1. The lowest BCUT2D eigenvalue weighted by atomic mass is 10.1. The molecule has 1 aromatic heterocycles. The maximum atomic E-state index is 12.3. The van der Waals surface area contributed by atoms with E-state index >= 15 is 0 Å². The number of amides is 1. The van der Waals surface area contributed by atoms with Gasteiger partial charge in [-0.25, -0.2) is 4.68 Å². The van der Waals surface area contributed by atoms with Crippen molar-refractivity contribution >= 4 is 23.2 Å². The Bertz CT molecular complexity index is 1160. The zero-order valence-electron chi connectivity index (χ0n) is 16.6. The number of halogens is 1. The highest BCUT2D eigenvalue weighted by atomic mass is 35.5. The van der Waals surface area contributed by atoms with Crippen molar-refractivity contribution in [2.75, 3.05) is 13.2 Å². The van der Waals surface area contributed by atoms with Crippen molar-refractivity contribution in [3.63, 3.8) is 0 Å². The Morgan fingerprint density at radius 1 is 1.19 bits per heavy atom. The lowest BCUT2D eigenvalue weighted by molar-refractivity contribution is -0.384. The number of non-ortho nitro benzene ring substituents is 1. The molecule has 0 spiro atoms. The predicted octanol–water partition coefficient (Wildman–Crippen LogP) is 3.30. The van der Waals surface area contributed by atoms with Crippen LogP contribution >= 0.6 is 11.6 Å². The van der Waals surface area contributed by atoms with Crippen LogP contribution in [0.5, 0.6) is 5.75 Å². The standard InChI is InChI=1S/C21H19ClN4O5/c1-2-31-16-6-3-14(4-7-16)19-9-10-20(27)25(24-19)12-11-23-21(28)17-8-5-15(26(29)30)13-18(17)22/h3-10,13H,2,11-12H2,1H3,(H,23,28). The molecule has 0 saturated carbocycles. The van der Waals surface area contributed by atoms with Crippen molar-refractivity contribution in [3.8, 4) is 17.0 Å². The Morgan fingerprint density at radius 3 is 2.58 bits per heavy atom. The molecule has 160 valence electrons. The summed E-state index contributed by atoms with van der Waals surface area (Å²) in [5.74, 6) is 0.239. The lowest BCUT2D eigenvalue weighted by Crippen LogP contribution is -2.32. The predicted molar refractivity (Wildman–Crippen MR) is 116 cm³/mol. The molecule has 0 radical (unpaired) electrons. The molecule has 0 fully saturated rings. The molecule has 0 atom stereocenters. The molecule has 3 rings (SSSR count). The van der Waals surface area contributed by atoms with Gasteiger partial charge in [0.25, 0.3) is 17.2 Å². The molecule has 9 nitrogen and oxygen atoms in total. The summed E-state index contributed by atoms with van der Waals surface area (Å²) in [7, 11) is 0. The highest BCUT2D eigenvalue weighted by Crippen LogP contribution is 2.22. The van der Waals surface area contributed by atoms with Gasteiger partial charge in [-0.1, -0.05) is 11.6 Å². The van der Waals surface area contributed by atoms with Crippen molar-refractivity contribution in [2.45, 2.75) is 13.5 Å². The first-order chi connectivity index (χ1) is 14.9. The number of nitro groups is 1. The van der Waals surface area contributed by atoms with E-state index in [0.717, 1.165) is 17.4 Å². The van der Waals surface area contributed by atoms with Crippen molar-refractivity contribution < 1.29 is 14.5 Å². The number of nitrogens with zero attached hydrogens (tertiary/aromatic N) is 3. The largest absolute Gasteiger partial charge is 0.494 e. The third-order valence-electron chi connectivity index (χ3n) is 4.34. The van der Waals surface area contributed by atoms with Crippen LogP contribution in [0.15, 0.2) is 59.4 Å². The van der Waals surface area contributed by atoms with Crippen molar-refractivity contribution in [1.29, 1.82) is 0 Å². The normalized spacial score (nSPS) is 10.5. The van der Waals surface area contributed by atoms with E-state index in [1.165, 1.54) is 22.9 Å². The summed E-state index contributed by atoms with van der Waals surface area (Å²) in [6.45, 7) is 2.73. The van der Waals surface area contributed by atoms with E-state index in [1.807, 2.05) is 31.2 Å². The van der Waals surface area contributed by atoms with E-state index in [2.05, 4.69) is 10.4 Å². The molecule has 1 N–H and O–H groups in total.